The van der Waals surface area contributed by atoms with E-state index in [9.17, 15) is 9.59 Å². The molecular weight excluding hydrogens is 288 g/mol. The standard InChI is InChI=1S/C15H16N2O5/c1-9(17)11(7-16)12(18)8-22-13-5-4-10(15(19)21-3)6-14(13)20-2/h4-6H,8,17H2,1-3H3/b11-9+. The molecule has 0 unspecified atom stereocenters. The van der Waals surface area contributed by atoms with Crippen LogP contribution < -0.4 is 15.2 Å². The van der Waals surface area contributed by atoms with E-state index >= 15 is 0 Å². The highest BCUT2D eigenvalue weighted by Crippen LogP contribution is 2.28. The van der Waals surface area contributed by atoms with Crippen molar-refractivity contribution >= 4 is 11.8 Å². The molecule has 1 aromatic carbocycles. The Bertz CT molecular complexity index is 654. The number of allylic oxidation sites excluding steroid dienone is 1. The second kappa shape index (κ2) is 7.69. The molecule has 1 aromatic rings. The molecule has 7 heteroatoms. The molecule has 22 heavy (non-hydrogen) atoms. The first-order chi connectivity index (χ1) is 10.4. The highest BCUT2D eigenvalue weighted by Gasteiger charge is 2.15. The Kier molecular flexibility index (Phi) is 5.96. The summed E-state index contributed by atoms with van der Waals surface area (Å²) in [4.78, 5) is 23.2. The Hall–Kier alpha value is -3.01. The van der Waals surface area contributed by atoms with Crippen LogP contribution in [0.3, 0.4) is 0 Å². The topological polar surface area (TPSA) is 112 Å². The lowest BCUT2D eigenvalue weighted by atomic mass is 10.1. The zero-order valence-electron chi connectivity index (χ0n) is 12.5. The number of carbonyl (C=O) groups excluding carboxylic acids is 2. The number of hydrogen-bond donors (Lipinski definition) is 1. The summed E-state index contributed by atoms with van der Waals surface area (Å²) in [6.07, 6.45) is 0. The molecule has 0 amide bonds. The molecule has 0 fully saturated rings. The lowest BCUT2D eigenvalue weighted by Crippen LogP contribution is -2.16. The van der Waals surface area contributed by atoms with E-state index in [4.69, 9.17) is 20.5 Å². The van der Waals surface area contributed by atoms with Crippen LogP contribution in [0.1, 0.15) is 17.3 Å². The number of benzene rings is 1. The van der Waals surface area contributed by atoms with Crippen LogP contribution in [0, 0.1) is 11.3 Å². The van der Waals surface area contributed by atoms with Gasteiger partial charge >= 0.3 is 5.97 Å². The van der Waals surface area contributed by atoms with E-state index in [1.54, 1.807) is 6.07 Å². The first-order valence-corrected chi connectivity index (χ1v) is 6.23. The number of ether oxygens (including phenoxy) is 3. The molecule has 0 radical (unpaired) electrons. The smallest absolute Gasteiger partial charge is 0.337 e. The summed E-state index contributed by atoms with van der Waals surface area (Å²) in [6.45, 7) is 1.09. The molecule has 2 N–H and O–H groups in total. The average molecular weight is 304 g/mol. The Labute approximate surface area is 127 Å². The molecule has 1 rings (SSSR count). The Morgan fingerprint density at radius 2 is 1.95 bits per heavy atom. The van der Waals surface area contributed by atoms with Crippen molar-refractivity contribution in [3.63, 3.8) is 0 Å². The van der Waals surface area contributed by atoms with E-state index in [1.165, 1.54) is 39.3 Å². The molecule has 116 valence electrons. The number of nitrogens with zero attached hydrogens (tertiary/aromatic N) is 1. The molecule has 0 heterocycles. The van der Waals surface area contributed by atoms with Gasteiger partial charge in [-0.3, -0.25) is 4.79 Å². The SMILES string of the molecule is COC(=O)c1ccc(OCC(=O)/C(C#N)=C(\C)N)c(OC)c1. The van der Waals surface area contributed by atoms with Crippen LogP contribution in [0.2, 0.25) is 0 Å². The van der Waals surface area contributed by atoms with Crippen LogP contribution in [-0.2, 0) is 9.53 Å². The van der Waals surface area contributed by atoms with Crippen LogP contribution in [0.5, 0.6) is 11.5 Å². The summed E-state index contributed by atoms with van der Waals surface area (Å²) in [5, 5.41) is 8.85. The number of ketones is 1. The van der Waals surface area contributed by atoms with Crippen LogP contribution in [-0.4, -0.2) is 32.6 Å². The van der Waals surface area contributed by atoms with Crippen LogP contribution in [0.25, 0.3) is 0 Å². The lowest BCUT2D eigenvalue weighted by molar-refractivity contribution is -0.117. The van der Waals surface area contributed by atoms with Gasteiger partial charge in [-0.1, -0.05) is 0 Å². The highest BCUT2D eigenvalue weighted by atomic mass is 16.5. The van der Waals surface area contributed by atoms with Gasteiger partial charge in [-0.2, -0.15) is 5.26 Å². The van der Waals surface area contributed by atoms with Gasteiger partial charge < -0.3 is 19.9 Å². The number of carbonyl (C=O) groups is 2. The summed E-state index contributed by atoms with van der Waals surface area (Å²) in [6, 6.07) is 6.11. The monoisotopic (exact) mass is 304 g/mol. The molecule has 0 aliphatic carbocycles. The summed E-state index contributed by atoms with van der Waals surface area (Å²) in [7, 11) is 2.67. The Balaban J connectivity index is 2.91. The fourth-order valence-corrected chi connectivity index (χ4v) is 1.62. The predicted octanol–water partition coefficient (Wildman–Crippen LogP) is 1.19. The van der Waals surface area contributed by atoms with E-state index in [2.05, 4.69) is 4.74 Å². The maximum absolute atomic E-state index is 11.8. The quantitative estimate of drug-likeness (QED) is 0.477. The molecule has 0 aliphatic rings. The molecule has 0 saturated heterocycles. The fraction of sp³-hybridized carbons (Fsp3) is 0.267. The largest absolute Gasteiger partial charge is 0.493 e. The van der Waals surface area contributed by atoms with Gasteiger partial charge in [0, 0.05) is 5.70 Å². The van der Waals surface area contributed by atoms with E-state index in [-0.39, 0.29) is 34.9 Å². The van der Waals surface area contributed by atoms with Gasteiger partial charge in [0.05, 0.1) is 19.8 Å². The number of nitriles is 1. The minimum absolute atomic E-state index is 0.129. The molecule has 0 saturated carbocycles. The number of rotatable bonds is 6. The number of nitrogens with two attached hydrogens (primary N) is 1. The van der Waals surface area contributed by atoms with Gasteiger partial charge in [-0.05, 0) is 25.1 Å². The summed E-state index contributed by atoms with van der Waals surface area (Å²) in [5.41, 5.74) is 5.71. The van der Waals surface area contributed by atoms with E-state index in [0.29, 0.717) is 0 Å². The van der Waals surface area contributed by atoms with Gasteiger partial charge in [0.2, 0.25) is 5.78 Å². The Morgan fingerprint density at radius 1 is 1.27 bits per heavy atom. The third-order valence-electron chi connectivity index (χ3n) is 2.73. The number of Topliss-reactive ketones (excluding diaryl/α,β-unsaturated/α-hetero) is 1. The van der Waals surface area contributed by atoms with E-state index in [0.717, 1.165) is 0 Å². The first kappa shape index (κ1) is 17.0. The molecule has 0 bridgehead atoms. The van der Waals surface area contributed by atoms with Crippen molar-refractivity contribution in [1.29, 1.82) is 5.26 Å². The van der Waals surface area contributed by atoms with Crippen LogP contribution >= 0.6 is 0 Å². The highest BCUT2D eigenvalue weighted by molar-refractivity contribution is 6.00. The molecular formula is C15H16N2O5. The maximum Gasteiger partial charge on any atom is 0.337 e. The summed E-state index contributed by atoms with van der Waals surface area (Å²) in [5.74, 6) is -0.533. The van der Waals surface area contributed by atoms with Gasteiger partial charge in [-0.25, -0.2) is 4.79 Å². The molecule has 0 spiro atoms. The number of methoxy groups -OCH3 is 2. The lowest BCUT2D eigenvalue weighted by Gasteiger charge is -2.11. The van der Waals surface area contributed by atoms with E-state index in [1.807, 2.05) is 0 Å². The van der Waals surface area contributed by atoms with Gasteiger partial charge in [-0.15, -0.1) is 0 Å². The van der Waals surface area contributed by atoms with Gasteiger partial charge in [0.15, 0.2) is 18.1 Å². The van der Waals surface area contributed by atoms with Crippen molar-refractivity contribution < 1.29 is 23.8 Å². The maximum atomic E-state index is 11.8. The molecule has 7 nitrogen and oxygen atoms in total. The summed E-state index contributed by atoms with van der Waals surface area (Å²) < 4.78 is 15.0. The zero-order valence-corrected chi connectivity index (χ0v) is 12.5. The third-order valence-corrected chi connectivity index (χ3v) is 2.73. The van der Waals surface area contributed by atoms with Crippen molar-refractivity contribution in [2.75, 3.05) is 20.8 Å². The molecule has 0 aliphatic heterocycles. The number of esters is 1. The van der Waals surface area contributed by atoms with Crippen molar-refractivity contribution in [3.05, 3.63) is 35.0 Å². The van der Waals surface area contributed by atoms with Crippen molar-refractivity contribution in [2.24, 2.45) is 5.73 Å². The van der Waals surface area contributed by atoms with Crippen LogP contribution in [0.15, 0.2) is 29.5 Å². The Morgan fingerprint density at radius 3 is 2.45 bits per heavy atom. The normalized spacial score (nSPS) is 11.0. The van der Waals surface area contributed by atoms with Crippen LogP contribution in [0.4, 0.5) is 0 Å². The zero-order chi connectivity index (χ0) is 16.7. The average Bonchev–Trinajstić information content (AvgIpc) is 2.52. The van der Waals surface area contributed by atoms with Gasteiger partial charge in [0.1, 0.15) is 11.6 Å². The third kappa shape index (κ3) is 3.99. The van der Waals surface area contributed by atoms with Gasteiger partial charge in [0.25, 0.3) is 0 Å². The second-order valence-corrected chi connectivity index (χ2v) is 4.24. The van der Waals surface area contributed by atoms with Crippen molar-refractivity contribution in [1.82, 2.24) is 0 Å². The summed E-state index contributed by atoms with van der Waals surface area (Å²) >= 11 is 0. The van der Waals surface area contributed by atoms with Crippen molar-refractivity contribution in [2.45, 2.75) is 6.92 Å². The minimum atomic E-state index is -0.540. The van der Waals surface area contributed by atoms with Crippen molar-refractivity contribution in [3.8, 4) is 17.6 Å². The fourth-order valence-electron chi connectivity index (χ4n) is 1.62. The minimum Gasteiger partial charge on any atom is -0.493 e. The molecule has 0 aromatic heterocycles. The second-order valence-electron chi connectivity index (χ2n) is 4.24. The predicted molar refractivity (Wildman–Crippen MR) is 77.3 cm³/mol. The first-order valence-electron chi connectivity index (χ1n) is 6.23. The molecule has 0 atom stereocenters. The number of hydrogen-bond acceptors (Lipinski definition) is 7. The van der Waals surface area contributed by atoms with E-state index < -0.39 is 11.8 Å².